The molecule has 1 aromatic rings. The molecule has 0 aliphatic rings. The molecule has 4 heteroatoms. The van der Waals surface area contributed by atoms with Crippen LogP contribution in [0.2, 0.25) is 0 Å². The topological polar surface area (TPSA) is 44.5 Å². The lowest BCUT2D eigenvalue weighted by molar-refractivity contribution is 0.269. The lowest BCUT2D eigenvalue weighted by Crippen LogP contribution is -2.21. The van der Waals surface area contributed by atoms with E-state index in [9.17, 15) is 0 Å². The van der Waals surface area contributed by atoms with Crippen LogP contribution in [0.3, 0.4) is 0 Å². The van der Waals surface area contributed by atoms with Gasteiger partial charge in [0.2, 0.25) is 0 Å². The van der Waals surface area contributed by atoms with Gasteiger partial charge in [-0.1, -0.05) is 26.7 Å². The van der Waals surface area contributed by atoms with Crippen LogP contribution in [-0.4, -0.2) is 19.3 Å². The maximum atomic E-state index is 6.04. The predicted octanol–water partition coefficient (Wildman–Crippen LogP) is 4.70. The minimum absolute atomic E-state index is 0.183. The Labute approximate surface area is 137 Å². The summed E-state index contributed by atoms with van der Waals surface area (Å²) in [4.78, 5) is 0. The van der Waals surface area contributed by atoms with Crippen LogP contribution < -0.4 is 15.2 Å². The van der Waals surface area contributed by atoms with E-state index >= 15 is 0 Å². The fourth-order valence-electron chi connectivity index (χ4n) is 2.12. The Kier molecular flexibility index (Phi) is 8.77. The second-order valence-electron chi connectivity index (χ2n) is 5.27. The van der Waals surface area contributed by atoms with Gasteiger partial charge in [0, 0.05) is 6.04 Å². The van der Waals surface area contributed by atoms with Gasteiger partial charge in [0.05, 0.1) is 17.7 Å². The zero-order chi connectivity index (χ0) is 15.7. The third-order valence-electron chi connectivity index (χ3n) is 3.39. The summed E-state index contributed by atoms with van der Waals surface area (Å²) in [6.45, 7) is 7.63. The zero-order valence-corrected chi connectivity index (χ0v) is 15.0. The first-order chi connectivity index (χ1) is 10.1. The van der Waals surface area contributed by atoms with Crippen LogP contribution in [0.1, 0.15) is 52.0 Å². The minimum Gasteiger partial charge on any atom is -0.490 e. The van der Waals surface area contributed by atoms with Gasteiger partial charge in [0.1, 0.15) is 0 Å². The van der Waals surface area contributed by atoms with Crippen molar-refractivity contribution in [1.82, 2.24) is 0 Å². The van der Waals surface area contributed by atoms with Crippen molar-refractivity contribution in [1.29, 1.82) is 0 Å². The molecule has 1 aromatic carbocycles. The second kappa shape index (κ2) is 10.1. The van der Waals surface area contributed by atoms with Crippen LogP contribution >= 0.6 is 15.9 Å². The number of hydrogen-bond donors (Lipinski definition) is 1. The molecule has 1 rings (SSSR count). The molecule has 0 radical (unpaired) electrons. The first-order valence-electron chi connectivity index (χ1n) is 7.95. The number of hydrogen-bond acceptors (Lipinski definition) is 3. The standard InChI is InChI=1S/C17H28BrNO2/c1-4-7-8-9-21-17-15(18)11-13(10-14(19)5-2)12-16(17)20-6-3/h11-12,14H,4-10,19H2,1-3H3. The zero-order valence-electron chi connectivity index (χ0n) is 13.5. The van der Waals surface area contributed by atoms with Crippen LogP contribution in [0.5, 0.6) is 11.5 Å². The van der Waals surface area contributed by atoms with Gasteiger partial charge in [-0.15, -0.1) is 0 Å². The predicted molar refractivity (Wildman–Crippen MR) is 92.3 cm³/mol. The van der Waals surface area contributed by atoms with Crippen LogP contribution in [-0.2, 0) is 6.42 Å². The summed E-state index contributed by atoms with van der Waals surface area (Å²) >= 11 is 3.60. The van der Waals surface area contributed by atoms with E-state index in [0.29, 0.717) is 6.61 Å². The summed E-state index contributed by atoms with van der Waals surface area (Å²) in [6, 6.07) is 4.33. The lowest BCUT2D eigenvalue weighted by atomic mass is 10.0. The van der Waals surface area contributed by atoms with Gasteiger partial charge in [0.25, 0.3) is 0 Å². The highest BCUT2D eigenvalue weighted by molar-refractivity contribution is 9.10. The molecule has 0 saturated heterocycles. The Balaban J connectivity index is 2.85. The first kappa shape index (κ1) is 18.3. The van der Waals surface area contributed by atoms with E-state index in [4.69, 9.17) is 15.2 Å². The first-order valence-corrected chi connectivity index (χ1v) is 8.75. The quantitative estimate of drug-likeness (QED) is 0.617. The molecule has 21 heavy (non-hydrogen) atoms. The third-order valence-corrected chi connectivity index (χ3v) is 3.97. The van der Waals surface area contributed by atoms with Gasteiger partial charge < -0.3 is 15.2 Å². The molecule has 2 N–H and O–H groups in total. The maximum absolute atomic E-state index is 6.04. The third kappa shape index (κ3) is 6.27. The lowest BCUT2D eigenvalue weighted by Gasteiger charge is -2.16. The summed E-state index contributed by atoms with van der Waals surface area (Å²) in [5.74, 6) is 1.61. The largest absolute Gasteiger partial charge is 0.490 e. The molecule has 0 saturated carbocycles. The molecule has 0 heterocycles. The number of unbranched alkanes of at least 4 members (excludes halogenated alkanes) is 2. The molecule has 0 fully saturated rings. The van der Waals surface area contributed by atoms with Crippen molar-refractivity contribution >= 4 is 15.9 Å². The highest BCUT2D eigenvalue weighted by atomic mass is 79.9. The van der Waals surface area contributed by atoms with Crippen molar-refractivity contribution in [2.24, 2.45) is 5.73 Å². The summed E-state index contributed by atoms with van der Waals surface area (Å²) in [7, 11) is 0. The number of benzene rings is 1. The Bertz CT molecular complexity index is 423. The molecule has 120 valence electrons. The van der Waals surface area contributed by atoms with Crippen molar-refractivity contribution in [3.63, 3.8) is 0 Å². The van der Waals surface area contributed by atoms with Crippen LogP contribution in [0.15, 0.2) is 16.6 Å². The number of ether oxygens (including phenoxy) is 2. The smallest absolute Gasteiger partial charge is 0.175 e. The molecular weight excluding hydrogens is 330 g/mol. The van der Waals surface area contributed by atoms with Crippen LogP contribution in [0.4, 0.5) is 0 Å². The van der Waals surface area contributed by atoms with E-state index < -0.39 is 0 Å². The molecule has 3 nitrogen and oxygen atoms in total. The Hall–Kier alpha value is -0.740. The Morgan fingerprint density at radius 2 is 1.90 bits per heavy atom. The SMILES string of the molecule is CCCCCOc1c(Br)cc(CC(N)CC)cc1OCC. The molecule has 0 aliphatic heterocycles. The normalized spacial score (nSPS) is 12.2. The fraction of sp³-hybridized carbons (Fsp3) is 0.647. The van der Waals surface area contributed by atoms with Gasteiger partial charge in [0.15, 0.2) is 11.5 Å². The van der Waals surface area contributed by atoms with E-state index in [0.717, 1.165) is 41.8 Å². The van der Waals surface area contributed by atoms with Crippen molar-refractivity contribution in [2.75, 3.05) is 13.2 Å². The van der Waals surface area contributed by atoms with Crippen molar-refractivity contribution in [2.45, 2.75) is 58.9 Å². The Morgan fingerprint density at radius 3 is 2.52 bits per heavy atom. The van der Waals surface area contributed by atoms with E-state index in [1.54, 1.807) is 0 Å². The average molecular weight is 358 g/mol. The van der Waals surface area contributed by atoms with E-state index in [1.807, 2.05) is 6.92 Å². The van der Waals surface area contributed by atoms with Crippen molar-refractivity contribution in [3.05, 3.63) is 22.2 Å². The molecule has 0 aromatic heterocycles. The second-order valence-corrected chi connectivity index (χ2v) is 6.12. The molecule has 0 aliphatic carbocycles. The van der Waals surface area contributed by atoms with Gasteiger partial charge in [-0.2, -0.15) is 0 Å². The van der Waals surface area contributed by atoms with E-state index in [1.165, 1.54) is 18.4 Å². The van der Waals surface area contributed by atoms with Crippen LogP contribution in [0, 0.1) is 0 Å². The van der Waals surface area contributed by atoms with E-state index in [-0.39, 0.29) is 6.04 Å². The number of nitrogens with two attached hydrogens (primary N) is 1. The summed E-state index contributed by atoms with van der Waals surface area (Å²) < 4.78 is 12.6. The average Bonchev–Trinajstić information content (AvgIpc) is 2.46. The maximum Gasteiger partial charge on any atom is 0.175 e. The summed E-state index contributed by atoms with van der Waals surface area (Å²) in [5, 5.41) is 0. The molecule has 1 unspecified atom stereocenters. The van der Waals surface area contributed by atoms with Gasteiger partial charge in [-0.05, 0) is 59.8 Å². The van der Waals surface area contributed by atoms with Gasteiger partial charge in [-0.25, -0.2) is 0 Å². The van der Waals surface area contributed by atoms with Crippen molar-refractivity contribution in [3.8, 4) is 11.5 Å². The monoisotopic (exact) mass is 357 g/mol. The summed E-state index contributed by atoms with van der Waals surface area (Å²) in [5.41, 5.74) is 7.22. The van der Waals surface area contributed by atoms with E-state index in [2.05, 4.69) is 41.9 Å². The highest BCUT2D eigenvalue weighted by Crippen LogP contribution is 2.37. The molecular formula is C17H28BrNO2. The molecule has 0 amide bonds. The highest BCUT2D eigenvalue weighted by Gasteiger charge is 2.13. The van der Waals surface area contributed by atoms with Crippen LogP contribution in [0.25, 0.3) is 0 Å². The number of halogens is 1. The van der Waals surface area contributed by atoms with Gasteiger partial charge >= 0.3 is 0 Å². The van der Waals surface area contributed by atoms with Gasteiger partial charge in [-0.3, -0.25) is 0 Å². The molecule has 0 spiro atoms. The molecule has 0 bridgehead atoms. The molecule has 1 atom stereocenters. The number of rotatable bonds is 10. The summed E-state index contributed by atoms with van der Waals surface area (Å²) in [6.07, 6.45) is 5.26. The minimum atomic E-state index is 0.183. The Morgan fingerprint density at radius 1 is 1.14 bits per heavy atom. The fourth-order valence-corrected chi connectivity index (χ4v) is 2.72. The van der Waals surface area contributed by atoms with Crippen molar-refractivity contribution < 1.29 is 9.47 Å².